The summed E-state index contributed by atoms with van der Waals surface area (Å²) in [5.74, 6) is 0. The number of rotatable bonds is 3. The van der Waals surface area contributed by atoms with Crippen LogP contribution in [0.3, 0.4) is 0 Å². The van der Waals surface area contributed by atoms with Gasteiger partial charge < -0.3 is 15.0 Å². The van der Waals surface area contributed by atoms with Gasteiger partial charge in [-0.15, -0.1) is 0 Å². The molecule has 0 bridgehead atoms. The Balaban J connectivity index is 1.95. The van der Waals surface area contributed by atoms with Crippen LogP contribution in [0.25, 0.3) is 0 Å². The highest BCUT2D eigenvalue weighted by molar-refractivity contribution is 5.42. The Morgan fingerprint density at radius 2 is 2.35 bits per heavy atom. The fraction of sp³-hybridized carbons (Fsp3) is 0.667. The second kappa shape index (κ2) is 5.58. The number of hydrogen-bond donors (Lipinski definition) is 1. The monoisotopic (exact) mass is 277 g/mol. The number of nitrogens with zero attached hydrogens (tertiary/aromatic N) is 2. The molecule has 0 spiro atoms. The molecule has 1 aromatic heterocycles. The Labute approximate surface area is 119 Å². The quantitative estimate of drug-likeness (QED) is 0.895. The Bertz CT molecular complexity index is 547. The maximum atomic E-state index is 12.3. The number of nitrogens with two attached hydrogens (primary N) is 1. The molecule has 3 heterocycles. The molecule has 2 aliphatic rings. The molecule has 110 valence electrons. The SMILES string of the molecule is CCN1CCc2c(cc(N)c(=O)n2CC2CCCO2)C1. The molecule has 0 amide bonds. The first kappa shape index (κ1) is 13.6. The third-order valence-corrected chi connectivity index (χ3v) is 4.43. The van der Waals surface area contributed by atoms with E-state index in [-0.39, 0.29) is 11.7 Å². The second-order valence-corrected chi connectivity index (χ2v) is 5.74. The molecular formula is C15H23N3O2. The predicted molar refractivity (Wildman–Crippen MR) is 78.7 cm³/mol. The first-order valence-electron chi connectivity index (χ1n) is 7.54. The minimum absolute atomic E-state index is 0.0517. The molecule has 3 rings (SSSR count). The third kappa shape index (κ3) is 2.47. The third-order valence-electron chi connectivity index (χ3n) is 4.43. The average Bonchev–Trinajstić information content (AvgIpc) is 2.96. The molecule has 20 heavy (non-hydrogen) atoms. The average molecular weight is 277 g/mol. The summed E-state index contributed by atoms with van der Waals surface area (Å²) in [4.78, 5) is 14.7. The van der Waals surface area contributed by atoms with E-state index >= 15 is 0 Å². The molecule has 0 radical (unpaired) electrons. The van der Waals surface area contributed by atoms with Crippen molar-refractivity contribution in [3.8, 4) is 0 Å². The molecule has 1 unspecified atom stereocenters. The number of fused-ring (bicyclic) bond motifs is 1. The van der Waals surface area contributed by atoms with Gasteiger partial charge in [0.1, 0.15) is 0 Å². The Hall–Kier alpha value is -1.33. The summed E-state index contributed by atoms with van der Waals surface area (Å²) >= 11 is 0. The van der Waals surface area contributed by atoms with E-state index in [4.69, 9.17) is 10.5 Å². The van der Waals surface area contributed by atoms with E-state index in [0.717, 1.165) is 51.2 Å². The summed E-state index contributed by atoms with van der Waals surface area (Å²) < 4.78 is 7.54. The van der Waals surface area contributed by atoms with Crippen LogP contribution in [0, 0.1) is 0 Å². The first-order chi connectivity index (χ1) is 9.69. The lowest BCUT2D eigenvalue weighted by atomic mass is 10.0. The molecule has 2 N–H and O–H groups in total. The number of ether oxygens (including phenoxy) is 1. The number of pyridine rings is 1. The molecule has 5 nitrogen and oxygen atoms in total. The van der Waals surface area contributed by atoms with Gasteiger partial charge in [-0.1, -0.05) is 6.92 Å². The normalized spacial score (nSPS) is 22.9. The molecular weight excluding hydrogens is 254 g/mol. The zero-order valence-corrected chi connectivity index (χ0v) is 12.1. The standard InChI is InChI=1S/C15H23N3O2/c1-2-17-6-5-14-11(9-17)8-13(16)15(19)18(14)10-12-4-3-7-20-12/h8,12H,2-7,9-10,16H2,1H3. The van der Waals surface area contributed by atoms with Crippen molar-refractivity contribution in [2.75, 3.05) is 25.4 Å². The van der Waals surface area contributed by atoms with Crippen LogP contribution in [0.4, 0.5) is 5.69 Å². The van der Waals surface area contributed by atoms with E-state index < -0.39 is 0 Å². The van der Waals surface area contributed by atoms with Crippen molar-refractivity contribution in [1.29, 1.82) is 0 Å². The largest absolute Gasteiger partial charge is 0.394 e. The van der Waals surface area contributed by atoms with Gasteiger partial charge in [-0.2, -0.15) is 0 Å². The maximum Gasteiger partial charge on any atom is 0.273 e. The molecule has 1 atom stereocenters. The van der Waals surface area contributed by atoms with Crippen molar-refractivity contribution in [2.45, 2.75) is 45.4 Å². The van der Waals surface area contributed by atoms with Crippen LogP contribution in [0.5, 0.6) is 0 Å². The van der Waals surface area contributed by atoms with E-state index in [9.17, 15) is 4.79 Å². The number of hydrogen-bond acceptors (Lipinski definition) is 4. The van der Waals surface area contributed by atoms with Crippen LogP contribution >= 0.6 is 0 Å². The molecule has 5 heteroatoms. The summed E-state index contributed by atoms with van der Waals surface area (Å²) in [5, 5.41) is 0. The van der Waals surface area contributed by atoms with Crippen LogP contribution < -0.4 is 11.3 Å². The number of anilines is 1. The van der Waals surface area contributed by atoms with Crippen molar-refractivity contribution in [3.05, 3.63) is 27.7 Å². The number of likely N-dealkylation sites (N-methyl/N-ethyl adjacent to an activating group) is 1. The molecule has 1 aromatic rings. The van der Waals surface area contributed by atoms with Crippen LogP contribution in [-0.2, 0) is 24.2 Å². The fourth-order valence-corrected chi connectivity index (χ4v) is 3.26. The van der Waals surface area contributed by atoms with Gasteiger partial charge in [-0.3, -0.25) is 9.69 Å². The van der Waals surface area contributed by atoms with Crippen molar-refractivity contribution in [3.63, 3.8) is 0 Å². The molecule has 0 aromatic carbocycles. The van der Waals surface area contributed by atoms with E-state index in [1.807, 2.05) is 10.6 Å². The smallest absolute Gasteiger partial charge is 0.273 e. The lowest BCUT2D eigenvalue weighted by Gasteiger charge is -2.30. The highest BCUT2D eigenvalue weighted by atomic mass is 16.5. The van der Waals surface area contributed by atoms with Gasteiger partial charge in [0, 0.05) is 31.8 Å². The molecule has 0 saturated carbocycles. The molecule has 1 saturated heterocycles. The van der Waals surface area contributed by atoms with Gasteiger partial charge in [0.05, 0.1) is 18.3 Å². The Kier molecular flexibility index (Phi) is 3.81. The minimum Gasteiger partial charge on any atom is -0.394 e. The topological polar surface area (TPSA) is 60.5 Å². The van der Waals surface area contributed by atoms with Gasteiger partial charge in [0.25, 0.3) is 5.56 Å². The highest BCUT2D eigenvalue weighted by Gasteiger charge is 2.23. The second-order valence-electron chi connectivity index (χ2n) is 5.74. The lowest BCUT2D eigenvalue weighted by molar-refractivity contribution is 0.0948. The van der Waals surface area contributed by atoms with Crippen molar-refractivity contribution in [2.24, 2.45) is 0 Å². The number of nitrogen functional groups attached to an aromatic ring is 1. The molecule has 2 aliphatic heterocycles. The Morgan fingerprint density at radius 1 is 1.50 bits per heavy atom. The van der Waals surface area contributed by atoms with Crippen molar-refractivity contribution < 1.29 is 4.74 Å². The van der Waals surface area contributed by atoms with E-state index in [1.165, 1.54) is 5.56 Å². The highest BCUT2D eigenvalue weighted by Crippen LogP contribution is 2.21. The summed E-state index contributed by atoms with van der Waals surface area (Å²) in [6.07, 6.45) is 3.22. The van der Waals surface area contributed by atoms with Crippen LogP contribution in [0.15, 0.2) is 10.9 Å². The lowest BCUT2D eigenvalue weighted by Crippen LogP contribution is -2.38. The van der Waals surface area contributed by atoms with Crippen LogP contribution in [-0.4, -0.2) is 35.3 Å². The molecule has 1 fully saturated rings. The predicted octanol–water partition coefficient (Wildman–Crippen LogP) is 0.987. The van der Waals surface area contributed by atoms with Gasteiger partial charge in [0.2, 0.25) is 0 Å². The first-order valence-corrected chi connectivity index (χ1v) is 7.54. The summed E-state index contributed by atoms with van der Waals surface area (Å²) in [7, 11) is 0. The van der Waals surface area contributed by atoms with E-state index in [0.29, 0.717) is 12.2 Å². The van der Waals surface area contributed by atoms with Gasteiger partial charge >= 0.3 is 0 Å². The molecule has 0 aliphatic carbocycles. The zero-order valence-electron chi connectivity index (χ0n) is 12.1. The zero-order chi connectivity index (χ0) is 14.1. The van der Waals surface area contributed by atoms with Crippen molar-refractivity contribution >= 4 is 5.69 Å². The van der Waals surface area contributed by atoms with Crippen LogP contribution in [0.2, 0.25) is 0 Å². The van der Waals surface area contributed by atoms with Crippen LogP contribution in [0.1, 0.15) is 31.0 Å². The minimum atomic E-state index is -0.0517. The Morgan fingerprint density at radius 3 is 3.05 bits per heavy atom. The van der Waals surface area contributed by atoms with Gasteiger partial charge in [-0.05, 0) is 31.0 Å². The summed E-state index contributed by atoms with van der Waals surface area (Å²) in [5.41, 5.74) is 8.58. The number of aromatic nitrogens is 1. The van der Waals surface area contributed by atoms with E-state index in [2.05, 4.69) is 11.8 Å². The van der Waals surface area contributed by atoms with E-state index in [1.54, 1.807) is 0 Å². The van der Waals surface area contributed by atoms with Crippen molar-refractivity contribution in [1.82, 2.24) is 9.47 Å². The summed E-state index contributed by atoms with van der Waals surface area (Å²) in [6.45, 7) is 6.56. The van der Waals surface area contributed by atoms with Gasteiger partial charge in [-0.25, -0.2) is 0 Å². The summed E-state index contributed by atoms with van der Waals surface area (Å²) in [6, 6.07) is 1.87. The maximum absolute atomic E-state index is 12.3. The fourth-order valence-electron chi connectivity index (χ4n) is 3.26. The van der Waals surface area contributed by atoms with Gasteiger partial charge in [0.15, 0.2) is 0 Å².